The second-order valence-corrected chi connectivity index (χ2v) is 11.3. The average Bonchev–Trinajstić information content (AvgIpc) is 3.26. The predicted molar refractivity (Wildman–Crippen MR) is 137 cm³/mol. The molecule has 38 heavy (non-hydrogen) atoms. The van der Waals surface area contributed by atoms with Crippen LogP contribution in [0.4, 0.5) is 14.5 Å². The van der Waals surface area contributed by atoms with Gasteiger partial charge in [-0.25, -0.2) is 8.42 Å². The number of halogens is 4. The zero-order valence-corrected chi connectivity index (χ0v) is 21.7. The summed E-state index contributed by atoms with van der Waals surface area (Å²) in [7, 11) is -3.96. The fourth-order valence-electron chi connectivity index (χ4n) is 4.32. The number of rotatable bonds is 6. The summed E-state index contributed by atoms with van der Waals surface area (Å²) in [6, 6.07) is 6.43. The third-order valence-electron chi connectivity index (χ3n) is 6.17. The van der Waals surface area contributed by atoms with E-state index in [0.717, 1.165) is 6.07 Å². The van der Waals surface area contributed by atoms with Gasteiger partial charge < -0.3 is 19.6 Å². The lowest BCUT2D eigenvalue weighted by Gasteiger charge is -2.28. The molecule has 2 aromatic heterocycles. The summed E-state index contributed by atoms with van der Waals surface area (Å²) in [5.74, 6) is -1.05. The molecule has 14 heteroatoms. The van der Waals surface area contributed by atoms with Crippen molar-refractivity contribution in [3.8, 4) is 5.75 Å². The first-order chi connectivity index (χ1) is 18.1. The number of alkyl halides is 2. The number of nitrogens with one attached hydrogen (secondary N) is 1. The number of carbonyl (C=O) groups excluding carboxylic acids is 1. The fourth-order valence-corrected chi connectivity index (χ4v) is 6.27. The van der Waals surface area contributed by atoms with Gasteiger partial charge in [0.15, 0.2) is 11.3 Å². The Morgan fingerprint density at radius 3 is 2.50 bits per heavy atom. The van der Waals surface area contributed by atoms with E-state index in [4.69, 9.17) is 27.6 Å². The number of nitrogens with zero attached hydrogens (tertiary/aromatic N) is 2. The van der Waals surface area contributed by atoms with E-state index in [-0.39, 0.29) is 67.0 Å². The van der Waals surface area contributed by atoms with Crippen molar-refractivity contribution in [3.63, 3.8) is 0 Å². The van der Waals surface area contributed by atoms with Crippen LogP contribution >= 0.6 is 23.2 Å². The maximum absolute atomic E-state index is 13.3. The van der Waals surface area contributed by atoms with Gasteiger partial charge in [0.05, 0.1) is 32.3 Å². The molecule has 0 radical (unpaired) electrons. The number of anilines is 1. The Hall–Kier alpha value is -3.03. The molecule has 1 aliphatic rings. The third-order valence-corrected chi connectivity index (χ3v) is 8.64. The van der Waals surface area contributed by atoms with Crippen LogP contribution in [0.15, 0.2) is 52.0 Å². The van der Waals surface area contributed by atoms with Crippen molar-refractivity contribution in [1.29, 1.82) is 0 Å². The maximum atomic E-state index is 13.3. The summed E-state index contributed by atoms with van der Waals surface area (Å²) in [6.45, 7) is -2.90. The van der Waals surface area contributed by atoms with Gasteiger partial charge in [-0.2, -0.15) is 13.1 Å². The number of sulfonamides is 1. The minimum atomic E-state index is -3.96. The molecule has 4 aromatic rings. The van der Waals surface area contributed by atoms with Crippen molar-refractivity contribution in [2.45, 2.75) is 30.5 Å². The molecule has 0 aliphatic carbocycles. The highest BCUT2D eigenvalue weighted by Gasteiger charge is 2.30. The molecule has 5 rings (SSSR count). The molecule has 200 valence electrons. The van der Waals surface area contributed by atoms with Gasteiger partial charge in [-0.05, 0) is 43.2 Å². The molecule has 1 aliphatic heterocycles. The first-order valence-electron chi connectivity index (χ1n) is 11.3. The normalized spacial score (nSPS) is 15.4. The summed E-state index contributed by atoms with van der Waals surface area (Å²) in [4.78, 5) is 17.1. The molecule has 0 spiro atoms. The number of carbonyl (C=O) groups is 1. The predicted octanol–water partition coefficient (Wildman–Crippen LogP) is 5.29. The highest BCUT2D eigenvalue weighted by Crippen LogP contribution is 2.40. The van der Waals surface area contributed by atoms with Gasteiger partial charge in [-0.3, -0.25) is 9.78 Å². The van der Waals surface area contributed by atoms with Crippen molar-refractivity contribution >= 4 is 66.8 Å². The summed E-state index contributed by atoms with van der Waals surface area (Å²) >= 11 is 12.2. The number of aliphatic hydroxyl groups is 1. The number of pyridine rings is 1. The standard InChI is InChI=1S/C24H19Cl2F2N3O6S/c25-16-10-29-11-17(26)21(16)30-23(33)14-2-4-19(37-24(27)28)22-20(14)15-9-13(1-3-18(15)36-22)38(34,35)31-7-5-12(32)6-8-31/h1-4,9-12,24,32H,5-8H2,(H,29,30,33). The zero-order valence-electron chi connectivity index (χ0n) is 19.3. The molecule has 0 atom stereocenters. The number of aromatic nitrogens is 1. The zero-order chi connectivity index (χ0) is 27.2. The minimum absolute atomic E-state index is 0.0278. The van der Waals surface area contributed by atoms with Crippen LogP contribution in [0.2, 0.25) is 10.0 Å². The maximum Gasteiger partial charge on any atom is 0.387 e. The van der Waals surface area contributed by atoms with E-state index in [9.17, 15) is 27.1 Å². The smallest absolute Gasteiger partial charge is 0.387 e. The van der Waals surface area contributed by atoms with Crippen LogP contribution in [0.5, 0.6) is 5.75 Å². The van der Waals surface area contributed by atoms with Crippen LogP contribution < -0.4 is 10.1 Å². The van der Waals surface area contributed by atoms with E-state index >= 15 is 0 Å². The number of ether oxygens (including phenoxy) is 1. The van der Waals surface area contributed by atoms with Crippen LogP contribution in [0.25, 0.3) is 21.9 Å². The molecule has 2 N–H and O–H groups in total. The van der Waals surface area contributed by atoms with Crippen molar-refractivity contribution in [3.05, 3.63) is 58.3 Å². The van der Waals surface area contributed by atoms with E-state index in [1.807, 2.05) is 0 Å². The van der Waals surface area contributed by atoms with Gasteiger partial charge in [0, 0.05) is 36.3 Å². The lowest BCUT2D eigenvalue weighted by molar-refractivity contribution is -0.0493. The van der Waals surface area contributed by atoms with Gasteiger partial charge in [-0.1, -0.05) is 23.2 Å². The molecule has 0 unspecified atom stereocenters. The van der Waals surface area contributed by atoms with Crippen LogP contribution in [-0.4, -0.2) is 54.5 Å². The summed E-state index contributed by atoms with van der Waals surface area (Å²) in [5.41, 5.74) is 0.0283. The molecule has 1 fully saturated rings. The molecule has 0 saturated carbocycles. The van der Waals surface area contributed by atoms with Crippen molar-refractivity contribution in [2.75, 3.05) is 18.4 Å². The summed E-state index contributed by atoms with van der Waals surface area (Å²) in [6.07, 6.45) is 2.59. The molecular formula is C24H19Cl2F2N3O6S. The fraction of sp³-hybridized carbons (Fsp3) is 0.250. The Balaban J connectivity index is 1.66. The van der Waals surface area contributed by atoms with Crippen LogP contribution in [-0.2, 0) is 10.0 Å². The Morgan fingerprint density at radius 2 is 1.84 bits per heavy atom. The minimum Gasteiger partial charge on any atom is -0.452 e. The van der Waals surface area contributed by atoms with Gasteiger partial charge in [0.25, 0.3) is 5.91 Å². The first kappa shape index (κ1) is 26.6. The number of aliphatic hydroxyl groups excluding tert-OH is 1. The number of hydrogen-bond acceptors (Lipinski definition) is 7. The molecular weight excluding hydrogens is 567 g/mol. The van der Waals surface area contributed by atoms with Crippen molar-refractivity contribution in [2.24, 2.45) is 0 Å². The van der Waals surface area contributed by atoms with Gasteiger partial charge >= 0.3 is 6.61 Å². The van der Waals surface area contributed by atoms with E-state index in [1.165, 1.54) is 41.0 Å². The van der Waals surface area contributed by atoms with E-state index < -0.39 is 28.6 Å². The Labute approximate surface area is 224 Å². The lowest BCUT2D eigenvalue weighted by Crippen LogP contribution is -2.39. The monoisotopic (exact) mass is 585 g/mol. The van der Waals surface area contributed by atoms with Gasteiger partial charge in [0.2, 0.25) is 10.0 Å². The van der Waals surface area contributed by atoms with E-state index in [0.29, 0.717) is 12.8 Å². The van der Waals surface area contributed by atoms with E-state index in [1.54, 1.807) is 0 Å². The number of benzene rings is 2. The quantitative estimate of drug-likeness (QED) is 0.315. The molecule has 0 bridgehead atoms. The molecule has 9 nitrogen and oxygen atoms in total. The Bertz CT molecular complexity index is 1640. The van der Waals surface area contributed by atoms with Gasteiger partial charge in [0.1, 0.15) is 5.58 Å². The third kappa shape index (κ3) is 4.90. The largest absolute Gasteiger partial charge is 0.452 e. The van der Waals surface area contributed by atoms with Crippen LogP contribution in [0.3, 0.4) is 0 Å². The average molecular weight is 586 g/mol. The Morgan fingerprint density at radius 1 is 1.16 bits per heavy atom. The highest BCUT2D eigenvalue weighted by atomic mass is 35.5. The second kappa shape index (κ2) is 10.3. The molecule has 2 aromatic carbocycles. The SMILES string of the molecule is O=C(Nc1c(Cl)cncc1Cl)c1ccc(OC(F)F)c2oc3ccc(S(=O)(=O)N4CCC(O)CC4)cc3c12. The van der Waals surface area contributed by atoms with Crippen molar-refractivity contribution in [1.82, 2.24) is 9.29 Å². The number of furan rings is 1. The number of piperidine rings is 1. The first-order valence-corrected chi connectivity index (χ1v) is 13.5. The number of hydrogen-bond donors (Lipinski definition) is 2. The molecule has 1 saturated heterocycles. The van der Waals surface area contributed by atoms with Crippen LogP contribution in [0, 0.1) is 0 Å². The summed E-state index contributed by atoms with van der Waals surface area (Å²) < 4.78 is 64.5. The second-order valence-electron chi connectivity index (χ2n) is 8.52. The highest BCUT2D eigenvalue weighted by molar-refractivity contribution is 7.89. The van der Waals surface area contributed by atoms with Crippen LogP contribution in [0.1, 0.15) is 23.2 Å². The lowest BCUT2D eigenvalue weighted by atomic mass is 10.0. The van der Waals surface area contributed by atoms with Gasteiger partial charge in [-0.15, -0.1) is 0 Å². The summed E-state index contributed by atoms with van der Waals surface area (Å²) in [5, 5.41) is 12.7. The molecule has 1 amide bonds. The Kier molecular flexibility index (Phi) is 7.18. The van der Waals surface area contributed by atoms with Crippen molar-refractivity contribution < 1.29 is 36.3 Å². The number of fused-ring (bicyclic) bond motifs is 3. The molecule has 3 heterocycles. The topological polar surface area (TPSA) is 122 Å². The number of amides is 1. The van der Waals surface area contributed by atoms with E-state index in [2.05, 4.69) is 15.0 Å².